The quantitative estimate of drug-likeness (QED) is 0.660. The summed E-state index contributed by atoms with van der Waals surface area (Å²) in [7, 11) is 1.93. The Morgan fingerprint density at radius 2 is 1.78 bits per heavy atom. The van der Waals surface area contributed by atoms with Crippen molar-refractivity contribution in [3.8, 4) is 11.4 Å². The third-order valence-electron chi connectivity index (χ3n) is 3.80. The van der Waals surface area contributed by atoms with E-state index in [-0.39, 0.29) is 5.82 Å². The van der Waals surface area contributed by atoms with Gasteiger partial charge in [0.1, 0.15) is 5.82 Å². The van der Waals surface area contributed by atoms with Crippen LogP contribution in [0.3, 0.4) is 0 Å². The van der Waals surface area contributed by atoms with Crippen molar-refractivity contribution in [2.24, 2.45) is 7.05 Å². The predicted molar refractivity (Wildman–Crippen MR) is 91.9 cm³/mol. The Morgan fingerprint density at radius 1 is 1.04 bits per heavy atom. The van der Waals surface area contributed by atoms with Crippen LogP contribution in [0.1, 0.15) is 16.7 Å². The standard InChI is InChI=1S/C18H18FN3S/c1-12-4-5-13(2)15(10-12)11-23-18-21-20-17(22(18)3)14-6-8-16(19)9-7-14/h4-10H,11H2,1-3H3. The molecule has 1 aromatic heterocycles. The van der Waals surface area contributed by atoms with E-state index in [2.05, 4.69) is 42.2 Å². The summed E-state index contributed by atoms with van der Waals surface area (Å²) in [4.78, 5) is 0. The normalized spacial score (nSPS) is 11.0. The van der Waals surface area contributed by atoms with E-state index in [0.717, 1.165) is 22.3 Å². The van der Waals surface area contributed by atoms with Crippen LogP contribution in [0.4, 0.5) is 4.39 Å². The molecule has 3 nitrogen and oxygen atoms in total. The van der Waals surface area contributed by atoms with E-state index in [1.807, 2.05) is 11.6 Å². The number of thioether (sulfide) groups is 1. The summed E-state index contributed by atoms with van der Waals surface area (Å²) in [5.74, 6) is 1.34. The smallest absolute Gasteiger partial charge is 0.191 e. The number of benzene rings is 2. The van der Waals surface area contributed by atoms with Crippen LogP contribution in [-0.2, 0) is 12.8 Å². The van der Waals surface area contributed by atoms with Crippen LogP contribution in [-0.4, -0.2) is 14.8 Å². The maximum Gasteiger partial charge on any atom is 0.191 e. The van der Waals surface area contributed by atoms with E-state index in [9.17, 15) is 4.39 Å². The minimum atomic E-state index is -0.250. The molecule has 3 rings (SSSR count). The molecule has 0 N–H and O–H groups in total. The number of aryl methyl sites for hydroxylation is 2. The molecule has 0 aliphatic heterocycles. The Labute approximate surface area is 139 Å². The summed E-state index contributed by atoms with van der Waals surface area (Å²) in [6.45, 7) is 4.22. The molecule has 3 aromatic rings. The molecule has 0 amide bonds. The van der Waals surface area contributed by atoms with Gasteiger partial charge in [0.15, 0.2) is 11.0 Å². The number of hydrogen-bond acceptors (Lipinski definition) is 3. The summed E-state index contributed by atoms with van der Waals surface area (Å²) in [5, 5.41) is 9.35. The molecule has 0 atom stereocenters. The maximum atomic E-state index is 13.0. The van der Waals surface area contributed by atoms with Gasteiger partial charge in [0.2, 0.25) is 0 Å². The van der Waals surface area contributed by atoms with Crippen LogP contribution >= 0.6 is 11.8 Å². The van der Waals surface area contributed by atoms with Crippen molar-refractivity contribution in [1.29, 1.82) is 0 Å². The van der Waals surface area contributed by atoms with Gasteiger partial charge in [0.25, 0.3) is 0 Å². The van der Waals surface area contributed by atoms with Crippen LogP contribution in [0.5, 0.6) is 0 Å². The molecule has 5 heteroatoms. The second-order valence-corrected chi connectivity index (χ2v) is 6.53. The number of hydrogen-bond donors (Lipinski definition) is 0. The lowest BCUT2D eigenvalue weighted by molar-refractivity contribution is 0.628. The van der Waals surface area contributed by atoms with Crippen LogP contribution in [0.2, 0.25) is 0 Å². The zero-order valence-corrected chi connectivity index (χ0v) is 14.2. The van der Waals surface area contributed by atoms with E-state index in [1.165, 1.54) is 28.8 Å². The summed E-state index contributed by atoms with van der Waals surface area (Å²) in [5.41, 5.74) is 4.71. The highest BCUT2D eigenvalue weighted by Gasteiger charge is 2.12. The summed E-state index contributed by atoms with van der Waals surface area (Å²) in [6.07, 6.45) is 0. The number of aromatic nitrogens is 3. The van der Waals surface area contributed by atoms with Crippen LogP contribution < -0.4 is 0 Å². The molecule has 0 saturated heterocycles. The topological polar surface area (TPSA) is 30.7 Å². The molecule has 23 heavy (non-hydrogen) atoms. The molecule has 0 fully saturated rings. The van der Waals surface area contributed by atoms with Gasteiger partial charge < -0.3 is 4.57 Å². The fourth-order valence-corrected chi connectivity index (χ4v) is 3.36. The summed E-state index contributed by atoms with van der Waals surface area (Å²) >= 11 is 1.66. The Hall–Kier alpha value is -2.14. The molecule has 118 valence electrons. The maximum absolute atomic E-state index is 13.0. The lowest BCUT2D eigenvalue weighted by Crippen LogP contribution is -1.96. The molecule has 0 unspecified atom stereocenters. The lowest BCUT2D eigenvalue weighted by atomic mass is 10.1. The van der Waals surface area contributed by atoms with Gasteiger partial charge in [-0.1, -0.05) is 35.5 Å². The largest absolute Gasteiger partial charge is 0.305 e. The van der Waals surface area contributed by atoms with Gasteiger partial charge >= 0.3 is 0 Å². The minimum Gasteiger partial charge on any atom is -0.305 e. The Bertz CT molecular complexity index is 825. The zero-order valence-electron chi connectivity index (χ0n) is 13.4. The third kappa shape index (κ3) is 3.45. The van der Waals surface area contributed by atoms with Crippen LogP contribution in [0.15, 0.2) is 47.6 Å². The Morgan fingerprint density at radius 3 is 2.52 bits per heavy atom. The van der Waals surface area contributed by atoms with E-state index >= 15 is 0 Å². The minimum absolute atomic E-state index is 0.250. The van der Waals surface area contributed by atoms with Crippen molar-refractivity contribution in [2.45, 2.75) is 24.8 Å². The monoisotopic (exact) mass is 327 g/mol. The zero-order chi connectivity index (χ0) is 16.4. The fourth-order valence-electron chi connectivity index (χ4n) is 2.39. The van der Waals surface area contributed by atoms with E-state index in [4.69, 9.17) is 0 Å². The van der Waals surface area contributed by atoms with Crippen molar-refractivity contribution >= 4 is 11.8 Å². The predicted octanol–water partition coefficient (Wildman–Crippen LogP) is 4.53. The Kier molecular flexibility index (Phi) is 4.48. The first-order chi connectivity index (χ1) is 11.0. The van der Waals surface area contributed by atoms with Gasteiger partial charge in [-0.2, -0.15) is 0 Å². The highest BCUT2D eigenvalue weighted by atomic mass is 32.2. The highest BCUT2D eigenvalue weighted by Crippen LogP contribution is 2.26. The molecule has 0 saturated carbocycles. The van der Waals surface area contributed by atoms with Crippen molar-refractivity contribution in [1.82, 2.24) is 14.8 Å². The van der Waals surface area contributed by atoms with Crippen molar-refractivity contribution in [3.05, 3.63) is 65.0 Å². The van der Waals surface area contributed by atoms with Crippen LogP contribution in [0.25, 0.3) is 11.4 Å². The average Bonchev–Trinajstić information content (AvgIpc) is 2.90. The second kappa shape index (κ2) is 6.54. The average molecular weight is 327 g/mol. The van der Waals surface area contributed by atoms with E-state index in [1.54, 1.807) is 23.9 Å². The van der Waals surface area contributed by atoms with Gasteiger partial charge in [-0.15, -0.1) is 10.2 Å². The fraction of sp³-hybridized carbons (Fsp3) is 0.222. The SMILES string of the molecule is Cc1ccc(C)c(CSc2nnc(-c3ccc(F)cc3)n2C)c1. The van der Waals surface area contributed by atoms with Crippen molar-refractivity contribution in [3.63, 3.8) is 0 Å². The molecule has 1 heterocycles. The first-order valence-electron chi connectivity index (χ1n) is 7.39. The molecular formula is C18H18FN3S. The van der Waals surface area contributed by atoms with Gasteiger partial charge in [0.05, 0.1) is 0 Å². The number of rotatable bonds is 4. The summed E-state index contributed by atoms with van der Waals surface area (Å²) < 4.78 is 15.0. The molecule has 0 aliphatic rings. The van der Waals surface area contributed by atoms with Gasteiger partial charge in [-0.25, -0.2) is 4.39 Å². The number of nitrogens with zero attached hydrogens (tertiary/aromatic N) is 3. The molecule has 0 radical (unpaired) electrons. The summed E-state index contributed by atoms with van der Waals surface area (Å²) in [6, 6.07) is 12.8. The molecule has 0 spiro atoms. The molecular weight excluding hydrogens is 309 g/mol. The van der Waals surface area contributed by atoms with Crippen LogP contribution in [0, 0.1) is 19.7 Å². The lowest BCUT2D eigenvalue weighted by Gasteiger charge is -2.07. The Balaban J connectivity index is 1.79. The molecule has 0 bridgehead atoms. The van der Waals surface area contributed by atoms with Gasteiger partial charge in [0, 0.05) is 18.4 Å². The highest BCUT2D eigenvalue weighted by molar-refractivity contribution is 7.98. The van der Waals surface area contributed by atoms with Crippen molar-refractivity contribution in [2.75, 3.05) is 0 Å². The van der Waals surface area contributed by atoms with Gasteiger partial charge in [-0.3, -0.25) is 0 Å². The third-order valence-corrected chi connectivity index (χ3v) is 4.87. The van der Waals surface area contributed by atoms with Gasteiger partial charge in [-0.05, 0) is 49.2 Å². The molecule has 2 aromatic carbocycles. The first kappa shape index (κ1) is 15.7. The van der Waals surface area contributed by atoms with Crippen molar-refractivity contribution < 1.29 is 4.39 Å². The molecule has 0 aliphatic carbocycles. The first-order valence-corrected chi connectivity index (χ1v) is 8.37. The van der Waals surface area contributed by atoms with E-state index in [0.29, 0.717) is 0 Å². The number of halogens is 1. The second-order valence-electron chi connectivity index (χ2n) is 5.59. The van der Waals surface area contributed by atoms with E-state index < -0.39 is 0 Å².